The van der Waals surface area contributed by atoms with Gasteiger partial charge in [-0.15, -0.1) is 0 Å². The minimum absolute atomic E-state index is 0.137. The monoisotopic (exact) mass is 283 g/mol. The standard InChI is InChI=1S/C18H21NO2/c1-14-13-17(21-16-5-3-2-4-6-16)7-8-18(14)19-11-9-15(20)10-12-19/h2-8,13,15,20H,9-12H2,1H3. The number of rotatable bonds is 3. The van der Waals surface area contributed by atoms with Gasteiger partial charge in [-0.1, -0.05) is 18.2 Å². The van der Waals surface area contributed by atoms with Crippen LogP contribution in [0, 0.1) is 6.92 Å². The second-order valence-electron chi connectivity index (χ2n) is 5.58. The molecule has 0 radical (unpaired) electrons. The highest BCUT2D eigenvalue weighted by atomic mass is 16.5. The number of ether oxygens (including phenoxy) is 1. The Morgan fingerprint density at radius 2 is 1.71 bits per heavy atom. The molecule has 1 N–H and O–H groups in total. The lowest BCUT2D eigenvalue weighted by Gasteiger charge is -2.32. The largest absolute Gasteiger partial charge is 0.457 e. The first-order valence-corrected chi connectivity index (χ1v) is 7.49. The van der Waals surface area contributed by atoms with Gasteiger partial charge in [0.1, 0.15) is 11.5 Å². The van der Waals surface area contributed by atoms with Crippen LogP contribution in [0.25, 0.3) is 0 Å². The Balaban J connectivity index is 1.74. The molecule has 0 aliphatic carbocycles. The van der Waals surface area contributed by atoms with E-state index in [1.165, 1.54) is 11.3 Å². The summed E-state index contributed by atoms with van der Waals surface area (Å²) in [5.41, 5.74) is 2.45. The number of aliphatic hydroxyl groups is 1. The molecule has 3 rings (SSSR count). The Labute approximate surface area is 125 Å². The van der Waals surface area contributed by atoms with E-state index in [2.05, 4.69) is 24.0 Å². The summed E-state index contributed by atoms with van der Waals surface area (Å²) >= 11 is 0. The summed E-state index contributed by atoms with van der Waals surface area (Å²) in [6, 6.07) is 16.0. The van der Waals surface area contributed by atoms with Crippen LogP contribution in [0.1, 0.15) is 18.4 Å². The maximum Gasteiger partial charge on any atom is 0.127 e. The topological polar surface area (TPSA) is 32.7 Å². The third kappa shape index (κ3) is 3.37. The number of para-hydroxylation sites is 1. The summed E-state index contributed by atoms with van der Waals surface area (Å²) in [5.74, 6) is 1.71. The minimum atomic E-state index is -0.137. The van der Waals surface area contributed by atoms with E-state index in [4.69, 9.17) is 4.74 Å². The van der Waals surface area contributed by atoms with Gasteiger partial charge >= 0.3 is 0 Å². The predicted octanol–water partition coefficient (Wildman–Crippen LogP) is 3.75. The van der Waals surface area contributed by atoms with E-state index in [1.807, 2.05) is 36.4 Å². The molecule has 2 aromatic rings. The van der Waals surface area contributed by atoms with Crippen LogP contribution in [-0.4, -0.2) is 24.3 Å². The van der Waals surface area contributed by atoms with E-state index >= 15 is 0 Å². The van der Waals surface area contributed by atoms with Crippen LogP contribution in [0.5, 0.6) is 11.5 Å². The zero-order chi connectivity index (χ0) is 14.7. The van der Waals surface area contributed by atoms with Crippen molar-refractivity contribution in [3.63, 3.8) is 0 Å². The van der Waals surface area contributed by atoms with Gasteiger partial charge in [0, 0.05) is 18.8 Å². The molecular formula is C18H21NO2. The van der Waals surface area contributed by atoms with E-state index in [-0.39, 0.29) is 6.10 Å². The molecule has 1 aliphatic rings. The zero-order valence-corrected chi connectivity index (χ0v) is 12.3. The summed E-state index contributed by atoms with van der Waals surface area (Å²) in [6.07, 6.45) is 1.56. The quantitative estimate of drug-likeness (QED) is 0.931. The van der Waals surface area contributed by atoms with E-state index < -0.39 is 0 Å². The van der Waals surface area contributed by atoms with Gasteiger partial charge in [0.25, 0.3) is 0 Å². The smallest absolute Gasteiger partial charge is 0.127 e. The number of benzene rings is 2. The van der Waals surface area contributed by atoms with Crippen molar-refractivity contribution in [2.24, 2.45) is 0 Å². The first-order chi connectivity index (χ1) is 10.2. The number of anilines is 1. The van der Waals surface area contributed by atoms with Gasteiger partial charge in [-0.05, 0) is 55.7 Å². The van der Waals surface area contributed by atoms with Gasteiger partial charge in [0.2, 0.25) is 0 Å². The summed E-state index contributed by atoms with van der Waals surface area (Å²) in [4.78, 5) is 2.34. The van der Waals surface area contributed by atoms with Crippen LogP contribution >= 0.6 is 0 Å². The van der Waals surface area contributed by atoms with Gasteiger partial charge in [-0.25, -0.2) is 0 Å². The highest BCUT2D eigenvalue weighted by Crippen LogP contribution is 2.29. The van der Waals surface area contributed by atoms with Crippen molar-refractivity contribution >= 4 is 5.69 Å². The maximum atomic E-state index is 9.60. The number of hydrogen-bond acceptors (Lipinski definition) is 3. The average molecular weight is 283 g/mol. The van der Waals surface area contributed by atoms with Gasteiger partial charge < -0.3 is 14.7 Å². The van der Waals surface area contributed by atoms with Crippen molar-refractivity contribution < 1.29 is 9.84 Å². The molecule has 1 aliphatic heterocycles. The fourth-order valence-corrected chi connectivity index (χ4v) is 2.78. The van der Waals surface area contributed by atoms with E-state index in [0.717, 1.165) is 37.4 Å². The van der Waals surface area contributed by atoms with Gasteiger partial charge in [-0.3, -0.25) is 0 Å². The van der Waals surface area contributed by atoms with Crippen molar-refractivity contribution in [1.29, 1.82) is 0 Å². The molecule has 2 aromatic carbocycles. The molecule has 0 saturated carbocycles. The zero-order valence-electron chi connectivity index (χ0n) is 12.3. The first-order valence-electron chi connectivity index (χ1n) is 7.49. The van der Waals surface area contributed by atoms with Crippen molar-refractivity contribution in [3.8, 4) is 11.5 Å². The van der Waals surface area contributed by atoms with Gasteiger partial charge in [0.05, 0.1) is 6.10 Å². The van der Waals surface area contributed by atoms with Crippen LogP contribution in [-0.2, 0) is 0 Å². The molecule has 110 valence electrons. The molecule has 0 bridgehead atoms. The predicted molar refractivity (Wildman–Crippen MR) is 85.1 cm³/mol. The third-order valence-electron chi connectivity index (χ3n) is 3.95. The van der Waals surface area contributed by atoms with Crippen molar-refractivity contribution in [2.75, 3.05) is 18.0 Å². The highest BCUT2D eigenvalue weighted by Gasteiger charge is 2.18. The molecule has 3 heteroatoms. The minimum Gasteiger partial charge on any atom is -0.457 e. The summed E-state index contributed by atoms with van der Waals surface area (Å²) in [6.45, 7) is 3.94. The van der Waals surface area contributed by atoms with Gasteiger partial charge in [-0.2, -0.15) is 0 Å². The number of hydrogen-bond donors (Lipinski definition) is 1. The maximum absolute atomic E-state index is 9.60. The van der Waals surface area contributed by atoms with Crippen molar-refractivity contribution in [1.82, 2.24) is 0 Å². The number of nitrogens with zero attached hydrogens (tertiary/aromatic N) is 1. The van der Waals surface area contributed by atoms with Crippen LogP contribution in [0.4, 0.5) is 5.69 Å². The van der Waals surface area contributed by atoms with Gasteiger partial charge in [0.15, 0.2) is 0 Å². The Morgan fingerprint density at radius 1 is 1.00 bits per heavy atom. The Bertz CT molecular complexity index is 589. The van der Waals surface area contributed by atoms with Crippen LogP contribution in [0.3, 0.4) is 0 Å². The lowest BCUT2D eigenvalue weighted by molar-refractivity contribution is 0.145. The van der Waals surface area contributed by atoms with E-state index in [1.54, 1.807) is 0 Å². The van der Waals surface area contributed by atoms with Crippen LogP contribution < -0.4 is 9.64 Å². The Morgan fingerprint density at radius 3 is 2.38 bits per heavy atom. The van der Waals surface area contributed by atoms with E-state index in [9.17, 15) is 5.11 Å². The van der Waals surface area contributed by atoms with Crippen LogP contribution in [0.2, 0.25) is 0 Å². The second-order valence-corrected chi connectivity index (χ2v) is 5.58. The highest BCUT2D eigenvalue weighted by molar-refractivity contribution is 5.56. The number of aliphatic hydroxyl groups excluding tert-OH is 1. The van der Waals surface area contributed by atoms with Crippen molar-refractivity contribution in [2.45, 2.75) is 25.9 Å². The lowest BCUT2D eigenvalue weighted by Crippen LogP contribution is -2.36. The second kappa shape index (κ2) is 6.19. The number of aryl methyl sites for hydroxylation is 1. The molecule has 0 spiro atoms. The summed E-state index contributed by atoms with van der Waals surface area (Å²) in [5, 5.41) is 9.60. The Hall–Kier alpha value is -2.00. The lowest BCUT2D eigenvalue weighted by atomic mass is 10.1. The molecule has 0 amide bonds. The molecular weight excluding hydrogens is 262 g/mol. The summed E-state index contributed by atoms with van der Waals surface area (Å²) in [7, 11) is 0. The molecule has 21 heavy (non-hydrogen) atoms. The van der Waals surface area contributed by atoms with E-state index in [0.29, 0.717) is 0 Å². The first kappa shape index (κ1) is 14.0. The normalized spacial score (nSPS) is 16.0. The average Bonchev–Trinajstić information content (AvgIpc) is 2.50. The fraction of sp³-hybridized carbons (Fsp3) is 0.333. The molecule has 0 aromatic heterocycles. The van der Waals surface area contributed by atoms with Crippen LogP contribution in [0.15, 0.2) is 48.5 Å². The Kier molecular flexibility index (Phi) is 4.11. The molecule has 3 nitrogen and oxygen atoms in total. The van der Waals surface area contributed by atoms with Crippen molar-refractivity contribution in [3.05, 3.63) is 54.1 Å². The molecule has 1 fully saturated rings. The number of piperidine rings is 1. The molecule has 0 unspecified atom stereocenters. The fourth-order valence-electron chi connectivity index (χ4n) is 2.78. The molecule has 0 atom stereocenters. The molecule has 1 heterocycles. The SMILES string of the molecule is Cc1cc(Oc2ccccc2)ccc1N1CCC(O)CC1. The molecule has 1 saturated heterocycles. The third-order valence-corrected chi connectivity index (χ3v) is 3.95. The summed E-state index contributed by atoms with van der Waals surface area (Å²) < 4.78 is 5.86.